The number of carbonyl (C=O) groups excluding carboxylic acids is 1. The van der Waals surface area contributed by atoms with E-state index in [0.29, 0.717) is 6.42 Å². The minimum Gasteiger partial charge on any atom is -0.350 e. The van der Waals surface area contributed by atoms with Gasteiger partial charge in [0.1, 0.15) is 0 Å². The van der Waals surface area contributed by atoms with Crippen molar-refractivity contribution in [1.82, 2.24) is 14.7 Å². The number of hydrogen-bond donors (Lipinski definition) is 1. The van der Waals surface area contributed by atoms with Crippen molar-refractivity contribution in [2.24, 2.45) is 0 Å². The molecule has 0 bridgehead atoms. The fraction of sp³-hybridized carbons (Fsp3) is 0.571. The van der Waals surface area contributed by atoms with E-state index in [1.165, 1.54) is 10.6 Å². The van der Waals surface area contributed by atoms with Gasteiger partial charge < -0.3 is 5.32 Å². The average Bonchev–Trinajstić information content (AvgIpc) is 2.97. The van der Waals surface area contributed by atoms with Crippen LogP contribution >= 0.6 is 11.3 Å². The lowest BCUT2D eigenvalue weighted by Gasteiger charge is -2.27. The molecule has 1 unspecified atom stereocenters. The molecule has 3 rings (SSSR count). The van der Waals surface area contributed by atoms with Crippen LogP contribution in [0.4, 0.5) is 0 Å². The van der Waals surface area contributed by atoms with E-state index in [4.69, 9.17) is 0 Å². The molecule has 1 amide bonds. The quantitative estimate of drug-likeness (QED) is 0.937. The van der Waals surface area contributed by atoms with Crippen molar-refractivity contribution in [3.8, 4) is 0 Å². The van der Waals surface area contributed by atoms with Gasteiger partial charge in [-0.2, -0.15) is 0 Å². The summed E-state index contributed by atoms with van der Waals surface area (Å²) in [6.07, 6.45) is 5.57. The molecule has 2 aromatic rings. The van der Waals surface area contributed by atoms with Gasteiger partial charge in [0.25, 0.3) is 0 Å². The Kier molecular flexibility index (Phi) is 2.89. The highest BCUT2D eigenvalue weighted by Gasteiger charge is 2.37. The van der Waals surface area contributed by atoms with E-state index in [-0.39, 0.29) is 11.4 Å². The second-order valence-electron chi connectivity index (χ2n) is 5.50. The number of thiazole rings is 1. The molecule has 1 aliphatic rings. The topological polar surface area (TPSA) is 46.4 Å². The van der Waals surface area contributed by atoms with Crippen molar-refractivity contribution in [3.63, 3.8) is 0 Å². The number of aryl methyl sites for hydroxylation is 2. The molecule has 1 aliphatic heterocycles. The van der Waals surface area contributed by atoms with Crippen molar-refractivity contribution >= 4 is 22.2 Å². The Labute approximate surface area is 116 Å². The van der Waals surface area contributed by atoms with Crippen molar-refractivity contribution in [1.29, 1.82) is 0 Å². The van der Waals surface area contributed by atoms with Crippen LogP contribution in [0.2, 0.25) is 0 Å². The standard InChI is InChI=1S/C14H19N3OS/c1-4-14(6-5-12(18)16-14)7-11-10(3)15-13-17(11)8-9(2)19-13/h8H,4-7H2,1-3H3,(H,16,18). The fourth-order valence-corrected chi connectivity index (χ4v) is 3.83. The number of hydrogen-bond acceptors (Lipinski definition) is 3. The van der Waals surface area contributed by atoms with E-state index < -0.39 is 0 Å². The summed E-state index contributed by atoms with van der Waals surface area (Å²) in [7, 11) is 0. The maximum atomic E-state index is 11.6. The molecular weight excluding hydrogens is 258 g/mol. The molecular formula is C14H19N3OS. The molecule has 0 spiro atoms. The summed E-state index contributed by atoms with van der Waals surface area (Å²) in [5.41, 5.74) is 2.25. The number of aromatic nitrogens is 2. The third kappa shape index (κ3) is 2.06. The highest BCUT2D eigenvalue weighted by molar-refractivity contribution is 7.17. The van der Waals surface area contributed by atoms with Gasteiger partial charge in [0.05, 0.1) is 5.69 Å². The Morgan fingerprint density at radius 3 is 2.95 bits per heavy atom. The molecule has 2 aromatic heterocycles. The van der Waals surface area contributed by atoms with Crippen LogP contribution in [0.15, 0.2) is 6.20 Å². The summed E-state index contributed by atoms with van der Waals surface area (Å²) in [4.78, 5) is 18.5. The Morgan fingerprint density at radius 1 is 1.53 bits per heavy atom. The van der Waals surface area contributed by atoms with Gasteiger partial charge in [-0.15, -0.1) is 11.3 Å². The molecule has 1 fully saturated rings. The van der Waals surface area contributed by atoms with Crippen LogP contribution in [0.3, 0.4) is 0 Å². The van der Waals surface area contributed by atoms with E-state index >= 15 is 0 Å². The molecule has 0 radical (unpaired) electrons. The second-order valence-corrected chi connectivity index (χ2v) is 6.71. The Balaban J connectivity index is 2.00. The number of amides is 1. The van der Waals surface area contributed by atoms with E-state index in [9.17, 15) is 4.79 Å². The Hall–Kier alpha value is -1.36. The van der Waals surface area contributed by atoms with Crippen LogP contribution in [-0.2, 0) is 11.2 Å². The van der Waals surface area contributed by atoms with Crippen LogP contribution in [-0.4, -0.2) is 20.8 Å². The molecule has 1 atom stereocenters. The van der Waals surface area contributed by atoms with Crippen molar-refractivity contribution in [2.45, 2.75) is 52.0 Å². The maximum absolute atomic E-state index is 11.6. The summed E-state index contributed by atoms with van der Waals surface area (Å²) < 4.78 is 2.19. The molecule has 5 heteroatoms. The largest absolute Gasteiger partial charge is 0.350 e. The monoisotopic (exact) mass is 277 g/mol. The summed E-state index contributed by atoms with van der Waals surface area (Å²) in [5.74, 6) is 0.182. The van der Waals surface area contributed by atoms with Crippen LogP contribution in [0, 0.1) is 13.8 Å². The number of imidazole rings is 1. The Bertz CT molecular complexity index is 642. The number of carbonyl (C=O) groups is 1. The third-order valence-corrected chi connectivity index (χ3v) is 5.06. The smallest absolute Gasteiger partial charge is 0.220 e. The highest BCUT2D eigenvalue weighted by atomic mass is 32.1. The molecule has 102 valence electrons. The summed E-state index contributed by atoms with van der Waals surface area (Å²) in [6, 6.07) is 0. The zero-order chi connectivity index (χ0) is 13.6. The fourth-order valence-electron chi connectivity index (χ4n) is 2.94. The lowest BCUT2D eigenvalue weighted by Crippen LogP contribution is -2.43. The van der Waals surface area contributed by atoms with Crippen LogP contribution in [0.25, 0.3) is 4.96 Å². The molecule has 19 heavy (non-hydrogen) atoms. The molecule has 1 saturated heterocycles. The minimum absolute atomic E-state index is 0.0757. The Morgan fingerprint density at radius 2 is 2.32 bits per heavy atom. The van der Waals surface area contributed by atoms with Gasteiger partial charge in [-0.05, 0) is 26.7 Å². The molecule has 3 heterocycles. The predicted octanol–water partition coefficient (Wildman–Crippen LogP) is 2.61. The van der Waals surface area contributed by atoms with E-state index in [2.05, 4.69) is 41.7 Å². The first-order valence-corrected chi connectivity index (χ1v) is 7.60. The predicted molar refractivity (Wildman–Crippen MR) is 76.6 cm³/mol. The molecule has 0 saturated carbocycles. The SMILES string of the molecule is CCC1(Cc2c(C)nc3sc(C)cn23)CCC(=O)N1. The first kappa shape index (κ1) is 12.7. The van der Waals surface area contributed by atoms with Gasteiger partial charge in [-0.25, -0.2) is 4.98 Å². The van der Waals surface area contributed by atoms with Crippen molar-refractivity contribution < 1.29 is 4.79 Å². The van der Waals surface area contributed by atoms with Gasteiger partial charge in [0.15, 0.2) is 4.96 Å². The lowest BCUT2D eigenvalue weighted by molar-refractivity contribution is -0.119. The first-order chi connectivity index (χ1) is 9.03. The average molecular weight is 277 g/mol. The third-order valence-electron chi connectivity index (χ3n) is 4.16. The van der Waals surface area contributed by atoms with Gasteiger partial charge in [0, 0.05) is 35.1 Å². The molecule has 0 aromatic carbocycles. The summed E-state index contributed by atoms with van der Waals surface area (Å²) >= 11 is 1.72. The van der Waals surface area contributed by atoms with Crippen molar-refractivity contribution in [2.75, 3.05) is 0 Å². The molecule has 1 N–H and O–H groups in total. The molecule has 0 aliphatic carbocycles. The first-order valence-electron chi connectivity index (χ1n) is 6.78. The number of nitrogens with zero attached hydrogens (tertiary/aromatic N) is 2. The van der Waals surface area contributed by atoms with Crippen LogP contribution in [0.1, 0.15) is 42.5 Å². The zero-order valence-corrected chi connectivity index (χ0v) is 12.4. The zero-order valence-electron chi connectivity index (χ0n) is 11.6. The highest BCUT2D eigenvalue weighted by Crippen LogP contribution is 2.30. The van der Waals surface area contributed by atoms with Gasteiger partial charge in [0.2, 0.25) is 5.91 Å². The van der Waals surface area contributed by atoms with Crippen LogP contribution in [0.5, 0.6) is 0 Å². The second kappa shape index (κ2) is 4.34. The number of fused-ring (bicyclic) bond motifs is 1. The van der Waals surface area contributed by atoms with E-state index in [0.717, 1.165) is 29.9 Å². The van der Waals surface area contributed by atoms with E-state index in [1.54, 1.807) is 11.3 Å². The summed E-state index contributed by atoms with van der Waals surface area (Å²) in [6.45, 7) is 6.31. The van der Waals surface area contributed by atoms with Gasteiger partial charge in [-0.3, -0.25) is 9.20 Å². The van der Waals surface area contributed by atoms with Gasteiger partial charge in [-0.1, -0.05) is 6.92 Å². The number of nitrogens with one attached hydrogen (secondary N) is 1. The minimum atomic E-state index is -0.0757. The lowest BCUT2D eigenvalue weighted by atomic mass is 9.88. The normalized spacial score (nSPS) is 23.2. The summed E-state index contributed by atoms with van der Waals surface area (Å²) in [5, 5.41) is 3.18. The van der Waals surface area contributed by atoms with Crippen LogP contribution < -0.4 is 5.32 Å². The van der Waals surface area contributed by atoms with Crippen molar-refractivity contribution in [3.05, 3.63) is 22.5 Å². The van der Waals surface area contributed by atoms with E-state index in [1.807, 2.05) is 0 Å². The van der Waals surface area contributed by atoms with Gasteiger partial charge >= 0.3 is 0 Å². The maximum Gasteiger partial charge on any atom is 0.220 e. The number of rotatable bonds is 3. The molecule has 4 nitrogen and oxygen atoms in total.